The molecule has 3 aromatic rings. The van der Waals surface area contributed by atoms with Crippen LogP contribution in [-0.2, 0) is 19.6 Å². The van der Waals surface area contributed by atoms with Crippen molar-refractivity contribution in [1.82, 2.24) is 24.5 Å². The minimum atomic E-state index is -1.01. The van der Waals surface area contributed by atoms with Gasteiger partial charge in [-0.2, -0.15) is 10.2 Å². The van der Waals surface area contributed by atoms with Crippen LogP contribution in [0.25, 0.3) is 0 Å². The molecule has 0 aliphatic carbocycles. The summed E-state index contributed by atoms with van der Waals surface area (Å²) in [5, 5.41) is 27.1. The summed E-state index contributed by atoms with van der Waals surface area (Å²) in [6, 6.07) is 6.99. The van der Waals surface area contributed by atoms with Crippen molar-refractivity contribution in [2.45, 2.75) is 25.7 Å². The summed E-state index contributed by atoms with van der Waals surface area (Å²) in [7, 11) is 0. The predicted octanol–water partition coefficient (Wildman–Crippen LogP) is 0.403. The lowest BCUT2D eigenvalue weighted by Gasteiger charge is -2.26. The summed E-state index contributed by atoms with van der Waals surface area (Å²) in [4.78, 5) is 14.4. The van der Waals surface area contributed by atoms with E-state index in [9.17, 15) is 9.90 Å². The fourth-order valence-corrected chi connectivity index (χ4v) is 3.01. The SMILES string of the molecule is O=C(c1ccc(Cn2cccn2)o1)N1CCn2nc([C@@H](O)CO)cc2C1. The molecule has 1 amide bonds. The van der Waals surface area contributed by atoms with Crippen molar-refractivity contribution >= 4 is 5.91 Å². The number of furan rings is 1. The Hall–Kier alpha value is -2.91. The van der Waals surface area contributed by atoms with Gasteiger partial charge in [-0.25, -0.2) is 0 Å². The molecule has 9 heteroatoms. The quantitative estimate of drug-likeness (QED) is 0.684. The molecule has 3 aromatic heterocycles. The van der Waals surface area contributed by atoms with Crippen LogP contribution < -0.4 is 0 Å². The van der Waals surface area contributed by atoms with Crippen molar-refractivity contribution < 1.29 is 19.4 Å². The summed E-state index contributed by atoms with van der Waals surface area (Å²) < 4.78 is 9.15. The predicted molar refractivity (Wildman–Crippen MR) is 89.1 cm³/mol. The number of aliphatic hydroxyl groups is 2. The zero-order valence-corrected chi connectivity index (χ0v) is 14.0. The largest absolute Gasteiger partial charge is 0.454 e. The van der Waals surface area contributed by atoms with Crippen LogP contribution in [0.15, 0.2) is 41.1 Å². The molecule has 0 fully saturated rings. The average Bonchev–Trinajstić information content (AvgIpc) is 3.40. The van der Waals surface area contributed by atoms with Crippen LogP contribution in [-0.4, -0.2) is 53.7 Å². The van der Waals surface area contributed by atoms with Crippen LogP contribution >= 0.6 is 0 Å². The Balaban J connectivity index is 1.46. The zero-order chi connectivity index (χ0) is 18.1. The third kappa shape index (κ3) is 3.14. The van der Waals surface area contributed by atoms with Gasteiger partial charge in [0.2, 0.25) is 0 Å². The molecule has 136 valence electrons. The van der Waals surface area contributed by atoms with Crippen LogP contribution in [0, 0.1) is 0 Å². The maximum atomic E-state index is 12.7. The number of carbonyl (C=O) groups excluding carboxylic acids is 1. The lowest BCUT2D eigenvalue weighted by atomic mass is 10.2. The molecule has 0 unspecified atom stereocenters. The van der Waals surface area contributed by atoms with E-state index in [2.05, 4.69) is 10.2 Å². The summed E-state index contributed by atoms with van der Waals surface area (Å²) >= 11 is 0. The van der Waals surface area contributed by atoms with Crippen molar-refractivity contribution in [3.8, 4) is 0 Å². The summed E-state index contributed by atoms with van der Waals surface area (Å²) in [5.41, 5.74) is 1.23. The number of hydrogen-bond donors (Lipinski definition) is 2. The van der Waals surface area contributed by atoms with Crippen LogP contribution in [0.3, 0.4) is 0 Å². The first kappa shape index (κ1) is 16.6. The van der Waals surface area contributed by atoms with Gasteiger partial charge in [0.05, 0.1) is 37.6 Å². The van der Waals surface area contributed by atoms with E-state index in [1.807, 2.05) is 12.3 Å². The molecule has 0 saturated heterocycles. The maximum Gasteiger partial charge on any atom is 0.289 e. The fraction of sp³-hybridized carbons (Fsp3) is 0.353. The van der Waals surface area contributed by atoms with Crippen molar-refractivity contribution in [2.24, 2.45) is 0 Å². The number of aromatic nitrogens is 4. The molecular formula is C17H19N5O4. The van der Waals surface area contributed by atoms with Gasteiger partial charge in [0.15, 0.2) is 5.76 Å². The van der Waals surface area contributed by atoms with E-state index in [1.165, 1.54) is 0 Å². The van der Waals surface area contributed by atoms with Gasteiger partial charge >= 0.3 is 0 Å². The first-order valence-electron chi connectivity index (χ1n) is 8.35. The highest BCUT2D eigenvalue weighted by molar-refractivity contribution is 5.91. The number of carbonyl (C=O) groups is 1. The highest BCUT2D eigenvalue weighted by atomic mass is 16.4. The van der Waals surface area contributed by atoms with Crippen LogP contribution in [0.4, 0.5) is 0 Å². The number of amides is 1. The highest BCUT2D eigenvalue weighted by Crippen LogP contribution is 2.20. The molecule has 0 aromatic carbocycles. The van der Waals surface area contributed by atoms with Gasteiger partial charge in [-0.15, -0.1) is 0 Å². The third-order valence-corrected chi connectivity index (χ3v) is 4.37. The van der Waals surface area contributed by atoms with Crippen LogP contribution in [0.5, 0.6) is 0 Å². The monoisotopic (exact) mass is 357 g/mol. The molecule has 0 saturated carbocycles. The molecule has 0 bridgehead atoms. The van der Waals surface area contributed by atoms with E-state index < -0.39 is 6.10 Å². The van der Waals surface area contributed by atoms with E-state index in [-0.39, 0.29) is 18.3 Å². The van der Waals surface area contributed by atoms with E-state index >= 15 is 0 Å². The first-order valence-corrected chi connectivity index (χ1v) is 8.35. The van der Waals surface area contributed by atoms with Gasteiger partial charge in [0, 0.05) is 18.9 Å². The van der Waals surface area contributed by atoms with E-state index in [4.69, 9.17) is 9.52 Å². The summed E-state index contributed by atoms with van der Waals surface area (Å²) in [5.74, 6) is 0.761. The standard InChI is InChI=1S/C17H19N5O4/c23-11-15(24)14-8-12-9-20(6-7-22(12)19-14)17(25)16-3-2-13(26-16)10-21-5-1-4-18-21/h1-5,8,15,23-24H,6-7,9-11H2/t15-/m0/s1. The second-order valence-electron chi connectivity index (χ2n) is 6.18. The average molecular weight is 357 g/mol. The Bertz CT molecular complexity index is 898. The van der Waals surface area contributed by atoms with Gasteiger partial charge in [-0.1, -0.05) is 0 Å². The molecule has 26 heavy (non-hydrogen) atoms. The zero-order valence-electron chi connectivity index (χ0n) is 14.0. The van der Waals surface area contributed by atoms with E-state index in [0.717, 1.165) is 5.69 Å². The smallest absolute Gasteiger partial charge is 0.289 e. The molecular weight excluding hydrogens is 338 g/mol. The first-order chi connectivity index (χ1) is 12.6. The van der Waals surface area contributed by atoms with Gasteiger partial charge in [-0.3, -0.25) is 14.2 Å². The molecule has 1 atom stereocenters. The molecule has 9 nitrogen and oxygen atoms in total. The molecule has 1 aliphatic heterocycles. The van der Waals surface area contributed by atoms with E-state index in [0.29, 0.717) is 37.6 Å². The Kier molecular flexibility index (Phi) is 4.31. The number of hydrogen-bond acceptors (Lipinski definition) is 6. The number of aliphatic hydroxyl groups excluding tert-OH is 2. The fourth-order valence-electron chi connectivity index (χ4n) is 3.01. The molecule has 2 N–H and O–H groups in total. The molecule has 0 spiro atoms. The number of fused-ring (bicyclic) bond motifs is 1. The van der Waals surface area contributed by atoms with Crippen LogP contribution in [0.2, 0.25) is 0 Å². The van der Waals surface area contributed by atoms with Gasteiger partial charge < -0.3 is 19.5 Å². The summed E-state index contributed by atoms with van der Waals surface area (Å²) in [6.45, 7) is 1.48. The minimum absolute atomic E-state index is 0.187. The lowest BCUT2D eigenvalue weighted by molar-refractivity contribution is 0.0670. The minimum Gasteiger partial charge on any atom is -0.454 e. The Labute approximate surface area is 149 Å². The number of nitrogens with zero attached hydrogens (tertiary/aromatic N) is 5. The second kappa shape index (κ2) is 6.77. The lowest BCUT2D eigenvalue weighted by Crippen LogP contribution is -2.38. The molecule has 4 rings (SSSR count). The number of rotatable bonds is 5. The molecule has 0 radical (unpaired) electrons. The maximum absolute atomic E-state index is 12.7. The van der Waals surface area contributed by atoms with Crippen molar-refractivity contribution in [3.05, 3.63) is 59.6 Å². The van der Waals surface area contributed by atoms with Gasteiger partial charge in [0.25, 0.3) is 5.91 Å². The highest BCUT2D eigenvalue weighted by Gasteiger charge is 2.26. The topological polar surface area (TPSA) is 110 Å². The molecule has 4 heterocycles. The van der Waals surface area contributed by atoms with Gasteiger partial charge in [-0.05, 0) is 24.3 Å². The Morgan fingerprint density at radius 3 is 3.00 bits per heavy atom. The van der Waals surface area contributed by atoms with Crippen LogP contribution in [0.1, 0.15) is 33.8 Å². The molecule has 1 aliphatic rings. The Morgan fingerprint density at radius 1 is 1.35 bits per heavy atom. The summed E-state index contributed by atoms with van der Waals surface area (Å²) in [6.07, 6.45) is 2.51. The van der Waals surface area contributed by atoms with Gasteiger partial charge in [0.1, 0.15) is 11.9 Å². The normalized spacial score (nSPS) is 15.1. The second-order valence-corrected chi connectivity index (χ2v) is 6.18. The van der Waals surface area contributed by atoms with Crippen molar-refractivity contribution in [2.75, 3.05) is 13.2 Å². The Morgan fingerprint density at radius 2 is 2.23 bits per heavy atom. The third-order valence-electron chi connectivity index (χ3n) is 4.37. The van der Waals surface area contributed by atoms with Crippen molar-refractivity contribution in [3.63, 3.8) is 0 Å². The van der Waals surface area contributed by atoms with Crippen molar-refractivity contribution in [1.29, 1.82) is 0 Å². The van der Waals surface area contributed by atoms with E-state index in [1.54, 1.807) is 38.7 Å².